The Morgan fingerprint density at radius 3 is 3.00 bits per heavy atom. The summed E-state index contributed by atoms with van der Waals surface area (Å²) in [6.45, 7) is 1.56. The molecule has 1 aliphatic rings. The van der Waals surface area contributed by atoms with Gasteiger partial charge >= 0.3 is 0 Å². The van der Waals surface area contributed by atoms with Gasteiger partial charge < -0.3 is 9.88 Å². The third-order valence-corrected chi connectivity index (χ3v) is 4.43. The highest BCUT2D eigenvalue weighted by atomic mass is 16.2. The molecule has 2 aromatic heterocycles. The molecule has 0 saturated carbocycles. The number of amides is 1. The van der Waals surface area contributed by atoms with Crippen LogP contribution in [-0.2, 0) is 0 Å². The van der Waals surface area contributed by atoms with Gasteiger partial charge in [0.15, 0.2) is 0 Å². The van der Waals surface area contributed by atoms with Gasteiger partial charge in [0.25, 0.3) is 5.91 Å². The summed E-state index contributed by atoms with van der Waals surface area (Å²) in [5.74, 6) is 0.435. The number of nitrogens with zero attached hydrogens (tertiary/aromatic N) is 2. The molecule has 0 bridgehead atoms. The molecule has 2 N–H and O–H groups in total. The van der Waals surface area contributed by atoms with Gasteiger partial charge in [-0.05, 0) is 31.0 Å². The van der Waals surface area contributed by atoms with Crippen molar-refractivity contribution < 1.29 is 4.79 Å². The Morgan fingerprint density at radius 2 is 2.18 bits per heavy atom. The number of H-pyrrole nitrogens is 2. The van der Waals surface area contributed by atoms with Crippen LogP contribution < -0.4 is 0 Å². The van der Waals surface area contributed by atoms with E-state index in [-0.39, 0.29) is 5.91 Å². The zero-order chi connectivity index (χ0) is 14.9. The van der Waals surface area contributed by atoms with Crippen molar-refractivity contribution >= 4 is 16.8 Å². The SMILES string of the molecule is O=C(c1cc2ccccc2[nH]1)N1CCC[C@@H](c2ccn[nH]2)C1. The van der Waals surface area contributed by atoms with Crippen LogP contribution in [0.5, 0.6) is 0 Å². The van der Waals surface area contributed by atoms with Crippen molar-refractivity contribution in [2.24, 2.45) is 0 Å². The fourth-order valence-corrected chi connectivity index (χ4v) is 3.27. The predicted octanol–water partition coefficient (Wildman–Crippen LogP) is 2.91. The third kappa shape index (κ3) is 2.28. The molecule has 3 aromatic rings. The molecular weight excluding hydrogens is 276 g/mol. The van der Waals surface area contributed by atoms with Crippen LogP contribution in [0.4, 0.5) is 0 Å². The van der Waals surface area contributed by atoms with E-state index in [1.807, 2.05) is 41.3 Å². The summed E-state index contributed by atoms with van der Waals surface area (Å²) >= 11 is 0. The Morgan fingerprint density at radius 1 is 1.27 bits per heavy atom. The fraction of sp³-hybridized carbons (Fsp3) is 0.294. The minimum absolute atomic E-state index is 0.0837. The van der Waals surface area contributed by atoms with Crippen molar-refractivity contribution in [1.29, 1.82) is 0 Å². The standard InChI is InChI=1S/C17H18N4O/c22-17(16-10-12-4-1-2-6-14(12)19-16)21-9-3-5-13(11-21)15-7-8-18-20-15/h1-2,4,6-8,10,13,19H,3,5,9,11H2,(H,18,20)/t13-/m1/s1. The normalized spacial score (nSPS) is 18.7. The monoisotopic (exact) mass is 294 g/mol. The van der Waals surface area contributed by atoms with Gasteiger partial charge in [0.05, 0.1) is 0 Å². The maximum atomic E-state index is 12.8. The number of aromatic nitrogens is 3. The summed E-state index contributed by atoms with van der Waals surface area (Å²) in [4.78, 5) is 17.9. The fourth-order valence-electron chi connectivity index (χ4n) is 3.27. The number of fused-ring (bicyclic) bond motifs is 1. The molecule has 112 valence electrons. The number of aromatic amines is 2. The number of carbonyl (C=O) groups excluding carboxylic acids is 1. The Kier molecular flexibility index (Phi) is 3.18. The summed E-state index contributed by atoms with van der Waals surface area (Å²) in [5.41, 5.74) is 2.80. The summed E-state index contributed by atoms with van der Waals surface area (Å²) in [7, 11) is 0. The van der Waals surface area contributed by atoms with Gasteiger partial charge in [0, 0.05) is 41.8 Å². The molecule has 5 heteroatoms. The van der Waals surface area contributed by atoms with Gasteiger partial charge in [-0.15, -0.1) is 0 Å². The zero-order valence-corrected chi connectivity index (χ0v) is 12.2. The highest BCUT2D eigenvalue weighted by molar-refractivity contribution is 5.98. The molecule has 5 nitrogen and oxygen atoms in total. The molecular formula is C17H18N4O. The second-order valence-corrected chi connectivity index (χ2v) is 5.87. The largest absolute Gasteiger partial charge is 0.351 e. The van der Waals surface area contributed by atoms with Crippen LogP contribution in [0.15, 0.2) is 42.6 Å². The molecule has 0 unspecified atom stereocenters. The maximum Gasteiger partial charge on any atom is 0.270 e. The number of piperidine rings is 1. The number of hydrogen-bond acceptors (Lipinski definition) is 2. The lowest BCUT2D eigenvalue weighted by atomic mass is 9.95. The molecule has 4 rings (SSSR count). The van der Waals surface area contributed by atoms with Crippen LogP contribution in [0.25, 0.3) is 10.9 Å². The van der Waals surface area contributed by atoms with Crippen molar-refractivity contribution in [2.75, 3.05) is 13.1 Å². The number of carbonyl (C=O) groups is 1. The molecule has 3 heterocycles. The van der Waals surface area contributed by atoms with E-state index in [4.69, 9.17) is 0 Å². The molecule has 1 aliphatic heterocycles. The number of hydrogen-bond donors (Lipinski definition) is 2. The Bertz CT molecular complexity index is 757. The first-order valence-electron chi connectivity index (χ1n) is 7.67. The van der Waals surface area contributed by atoms with Crippen molar-refractivity contribution in [1.82, 2.24) is 20.1 Å². The summed E-state index contributed by atoms with van der Waals surface area (Å²) < 4.78 is 0. The number of para-hydroxylation sites is 1. The number of nitrogens with one attached hydrogen (secondary N) is 2. The lowest BCUT2D eigenvalue weighted by Gasteiger charge is -2.32. The molecule has 1 atom stereocenters. The van der Waals surface area contributed by atoms with Gasteiger partial charge in [-0.3, -0.25) is 9.89 Å². The van der Waals surface area contributed by atoms with E-state index < -0.39 is 0 Å². The molecule has 0 spiro atoms. The lowest BCUT2D eigenvalue weighted by molar-refractivity contribution is 0.0701. The molecule has 0 aliphatic carbocycles. The van der Waals surface area contributed by atoms with Crippen molar-refractivity contribution in [2.45, 2.75) is 18.8 Å². The predicted molar refractivity (Wildman–Crippen MR) is 84.8 cm³/mol. The Balaban J connectivity index is 1.56. The van der Waals surface area contributed by atoms with Gasteiger partial charge in [-0.1, -0.05) is 18.2 Å². The Hall–Kier alpha value is -2.56. The summed E-state index contributed by atoms with van der Waals surface area (Å²) in [6, 6.07) is 11.9. The summed E-state index contributed by atoms with van der Waals surface area (Å²) in [6.07, 6.45) is 3.89. The average molecular weight is 294 g/mol. The van der Waals surface area contributed by atoms with Crippen molar-refractivity contribution in [3.05, 3.63) is 54.0 Å². The number of likely N-dealkylation sites (tertiary alicyclic amines) is 1. The van der Waals surface area contributed by atoms with E-state index in [0.29, 0.717) is 11.6 Å². The average Bonchev–Trinajstić information content (AvgIpc) is 3.23. The first kappa shape index (κ1) is 13.1. The van der Waals surface area contributed by atoms with Gasteiger partial charge in [0.1, 0.15) is 5.69 Å². The molecule has 0 radical (unpaired) electrons. The summed E-state index contributed by atoms with van der Waals surface area (Å²) in [5, 5.41) is 8.13. The number of rotatable bonds is 2. The van der Waals surface area contributed by atoms with Crippen LogP contribution in [0, 0.1) is 0 Å². The molecule has 1 amide bonds. The van der Waals surface area contributed by atoms with Crippen LogP contribution in [0.1, 0.15) is 34.9 Å². The maximum absolute atomic E-state index is 12.8. The Labute approximate surface area is 128 Å². The van der Waals surface area contributed by atoms with E-state index in [1.165, 1.54) is 0 Å². The quantitative estimate of drug-likeness (QED) is 0.763. The third-order valence-electron chi connectivity index (χ3n) is 4.43. The molecule has 22 heavy (non-hydrogen) atoms. The second-order valence-electron chi connectivity index (χ2n) is 5.87. The lowest BCUT2D eigenvalue weighted by Crippen LogP contribution is -2.39. The molecule has 1 fully saturated rings. The first-order valence-corrected chi connectivity index (χ1v) is 7.67. The minimum Gasteiger partial charge on any atom is -0.351 e. The van der Waals surface area contributed by atoms with E-state index in [0.717, 1.165) is 42.5 Å². The van der Waals surface area contributed by atoms with Gasteiger partial charge in [0.2, 0.25) is 0 Å². The van der Waals surface area contributed by atoms with E-state index >= 15 is 0 Å². The van der Waals surface area contributed by atoms with Crippen LogP contribution in [0.2, 0.25) is 0 Å². The van der Waals surface area contributed by atoms with Crippen LogP contribution in [0.3, 0.4) is 0 Å². The van der Waals surface area contributed by atoms with Crippen LogP contribution >= 0.6 is 0 Å². The van der Waals surface area contributed by atoms with Gasteiger partial charge in [-0.25, -0.2) is 0 Å². The topological polar surface area (TPSA) is 64.8 Å². The van der Waals surface area contributed by atoms with E-state index in [9.17, 15) is 4.79 Å². The van der Waals surface area contributed by atoms with Gasteiger partial charge in [-0.2, -0.15) is 5.10 Å². The zero-order valence-electron chi connectivity index (χ0n) is 12.2. The van der Waals surface area contributed by atoms with E-state index in [1.54, 1.807) is 6.20 Å². The minimum atomic E-state index is 0.0837. The highest BCUT2D eigenvalue weighted by Gasteiger charge is 2.26. The molecule has 1 saturated heterocycles. The highest BCUT2D eigenvalue weighted by Crippen LogP contribution is 2.26. The molecule has 1 aromatic carbocycles. The first-order chi connectivity index (χ1) is 10.8. The van der Waals surface area contributed by atoms with E-state index in [2.05, 4.69) is 15.2 Å². The smallest absolute Gasteiger partial charge is 0.270 e. The van der Waals surface area contributed by atoms with Crippen molar-refractivity contribution in [3.8, 4) is 0 Å². The van der Waals surface area contributed by atoms with Crippen molar-refractivity contribution in [3.63, 3.8) is 0 Å². The van der Waals surface area contributed by atoms with Crippen LogP contribution in [-0.4, -0.2) is 39.1 Å². The number of benzene rings is 1. The second kappa shape index (κ2) is 5.33.